The molecule has 32 heavy (non-hydrogen) atoms. The molecule has 1 aliphatic rings. The van der Waals surface area contributed by atoms with Crippen LogP contribution in [0.25, 0.3) is 11.1 Å². The Kier molecular flexibility index (Phi) is 5.99. The number of pyridine rings is 1. The van der Waals surface area contributed by atoms with E-state index in [-0.39, 0.29) is 17.2 Å². The van der Waals surface area contributed by atoms with Gasteiger partial charge in [-0.25, -0.2) is 17.5 Å². The van der Waals surface area contributed by atoms with Crippen molar-refractivity contribution in [2.45, 2.75) is 48.8 Å². The molecular weight excluding hydrogens is 450 g/mol. The van der Waals surface area contributed by atoms with Gasteiger partial charge in [-0.15, -0.1) is 10.2 Å². The molecule has 1 aliphatic carbocycles. The number of rotatable bonds is 5. The third-order valence-corrected chi connectivity index (χ3v) is 6.91. The minimum atomic E-state index is -4.79. The number of hydrogen-bond acceptors (Lipinski definition) is 5. The van der Waals surface area contributed by atoms with Crippen molar-refractivity contribution in [2.75, 3.05) is 0 Å². The number of sulfonamides is 1. The summed E-state index contributed by atoms with van der Waals surface area (Å²) in [7, 11) is -4.28. The second-order valence-corrected chi connectivity index (χ2v) is 9.40. The maximum Gasteiger partial charge on any atom is 0.416 e. The number of nitrogens with one attached hydrogen (secondary N) is 1. The van der Waals surface area contributed by atoms with Gasteiger partial charge in [-0.2, -0.15) is 13.2 Å². The molecule has 0 saturated heterocycles. The van der Waals surface area contributed by atoms with Gasteiger partial charge in [0.05, 0.1) is 16.7 Å². The van der Waals surface area contributed by atoms with Gasteiger partial charge in [0.2, 0.25) is 10.0 Å². The zero-order chi connectivity index (χ0) is 22.9. The quantitative estimate of drug-likeness (QED) is 0.572. The van der Waals surface area contributed by atoms with E-state index in [0.29, 0.717) is 18.9 Å². The number of halogens is 4. The highest BCUT2D eigenvalue weighted by Crippen LogP contribution is 2.35. The summed E-state index contributed by atoms with van der Waals surface area (Å²) >= 11 is 0. The molecule has 7 nitrogen and oxygen atoms in total. The predicted molar refractivity (Wildman–Crippen MR) is 106 cm³/mol. The summed E-state index contributed by atoms with van der Waals surface area (Å²) in [6, 6.07) is 2.97. The maximum absolute atomic E-state index is 13.6. The van der Waals surface area contributed by atoms with Crippen LogP contribution in [-0.2, 0) is 16.2 Å². The smallest absolute Gasteiger partial charge is 0.317 e. The molecule has 1 N–H and O–H groups in total. The van der Waals surface area contributed by atoms with Crippen molar-refractivity contribution in [1.82, 2.24) is 24.5 Å². The Morgan fingerprint density at radius 3 is 2.44 bits per heavy atom. The Morgan fingerprint density at radius 2 is 1.75 bits per heavy atom. The normalized spacial score (nSPS) is 19.8. The fourth-order valence-corrected chi connectivity index (χ4v) is 5.23. The van der Waals surface area contributed by atoms with E-state index in [1.807, 2.05) is 0 Å². The Labute approximate surface area is 181 Å². The van der Waals surface area contributed by atoms with Crippen molar-refractivity contribution in [3.05, 3.63) is 60.7 Å². The summed E-state index contributed by atoms with van der Waals surface area (Å²) in [5.41, 5.74) is -1.21. The van der Waals surface area contributed by atoms with Gasteiger partial charge >= 0.3 is 6.18 Å². The van der Waals surface area contributed by atoms with Gasteiger partial charge in [0.15, 0.2) is 0 Å². The van der Waals surface area contributed by atoms with Crippen LogP contribution < -0.4 is 4.72 Å². The fourth-order valence-electron chi connectivity index (χ4n) is 3.88. The van der Waals surface area contributed by atoms with E-state index < -0.39 is 38.5 Å². The fraction of sp³-hybridized carbons (Fsp3) is 0.350. The summed E-state index contributed by atoms with van der Waals surface area (Å²) in [5.74, 6) is -0.746. The lowest BCUT2D eigenvalue weighted by molar-refractivity contribution is -0.137. The van der Waals surface area contributed by atoms with E-state index in [2.05, 4.69) is 19.9 Å². The van der Waals surface area contributed by atoms with E-state index in [4.69, 9.17) is 0 Å². The van der Waals surface area contributed by atoms with Crippen LogP contribution in [0.3, 0.4) is 0 Å². The first-order valence-electron chi connectivity index (χ1n) is 9.81. The highest BCUT2D eigenvalue weighted by molar-refractivity contribution is 7.89. The highest BCUT2D eigenvalue weighted by Gasteiger charge is 2.34. The van der Waals surface area contributed by atoms with Crippen LogP contribution in [0.15, 0.2) is 54.2 Å². The number of benzene rings is 1. The van der Waals surface area contributed by atoms with Crippen LogP contribution in [-0.4, -0.2) is 34.2 Å². The third kappa shape index (κ3) is 4.96. The molecule has 4 rings (SSSR count). The first kappa shape index (κ1) is 22.3. The number of hydrogen-bond donors (Lipinski definition) is 1. The minimum absolute atomic E-state index is 0.0121. The average molecular weight is 469 g/mol. The van der Waals surface area contributed by atoms with Gasteiger partial charge in [0.1, 0.15) is 18.5 Å². The van der Waals surface area contributed by atoms with Crippen molar-refractivity contribution in [3.8, 4) is 11.1 Å². The molecule has 3 aromatic rings. The summed E-state index contributed by atoms with van der Waals surface area (Å²) in [6.45, 7) is 0. The lowest BCUT2D eigenvalue weighted by atomic mass is 9.91. The molecule has 0 spiro atoms. The first-order valence-corrected chi connectivity index (χ1v) is 11.3. The van der Waals surface area contributed by atoms with Gasteiger partial charge in [-0.3, -0.25) is 4.98 Å². The van der Waals surface area contributed by atoms with E-state index in [9.17, 15) is 26.0 Å². The molecule has 2 heterocycles. The molecule has 2 unspecified atom stereocenters. The molecule has 1 fully saturated rings. The van der Waals surface area contributed by atoms with Crippen LogP contribution in [0.5, 0.6) is 0 Å². The van der Waals surface area contributed by atoms with Crippen molar-refractivity contribution in [1.29, 1.82) is 0 Å². The lowest BCUT2D eigenvalue weighted by Gasteiger charge is -2.30. The summed E-state index contributed by atoms with van der Waals surface area (Å²) in [5, 5.41) is 7.52. The van der Waals surface area contributed by atoms with Crippen LogP contribution in [0, 0.1) is 5.82 Å². The molecular formula is C20H19F4N5O2S. The van der Waals surface area contributed by atoms with Gasteiger partial charge in [0.25, 0.3) is 0 Å². The van der Waals surface area contributed by atoms with Crippen LogP contribution >= 0.6 is 0 Å². The Balaban J connectivity index is 1.65. The molecule has 0 aliphatic heterocycles. The molecule has 170 valence electrons. The number of alkyl halides is 3. The molecule has 2 atom stereocenters. The Morgan fingerprint density at radius 1 is 1.00 bits per heavy atom. The van der Waals surface area contributed by atoms with Crippen molar-refractivity contribution >= 4 is 10.0 Å². The average Bonchev–Trinajstić information content (AvgIpc) is 3.28. The highest BCUT2D eigenvalue weighted by atomic mass is 32.2. The van der Waals surface area contributed by atoms with Gasteiger partial charge in [0, 0.05) is 23.8 Å². The van der Waals surface area contributed by atoms with Crippen molar-refractivity contribution < 1.29 is 26.0 Å². The molecule has 1 aromatic carbocycles. The summed E-state index contributed by atoms with van der Waals surface area (Å²) < 4.78 is 84.4. The number of aromatic nitrogens is 4. The molecule has 0 radical (unpaired) electrons. The lowest BCUT2D eigenvalue weighted by Crippen LogP contribution is -2.38. The minimum Gasteiger partial charge on any atom is -0.317 e. The first-order chi connectivity index (χ1) is 15.1. The zero-order valence-corrected chi connectivity index (χ0v) is 17.4. The van der Waals surface area contributed by atoms with Crippen LogP contribution in [0.1, 0.15) is 37.3 Å². The SMILES string of the molecule is O=S(=O)(NC1CCCC(n2cnnc2)C1)c1cc(-c2cncc(F)c2)cc(C(F)(F)F)c1. The molecule has 2 aromatic heterocycles. The second-order valence-electron chi connectivity index (χ2n) is 7.68. The van der Waals surface area contributed by atoms with E-state index >= 15 is 0 Å². The molecule has 0 amide bonds. The Bertz CT molecular complexity index is 1200. The van der Waals surface area contributed by atoms with Crippen molar-refractivity contribution in [2.24, 2.45) is 0 Å². The van der Waals surface area contributed by atoms with E-state index in [1.54, 1.807) is 17.2 Å². The van der Waals surface area contributed by atoms with Gasteiger partial charge < -0.3 is 4.57 Å². The summed E-state index contributed by atoms with van der Waals surface area (Å²) in [6.07, 6.45) is 2.95. The standard InChI is InChI=1S/C20H19F4N5O2S/c21-16-5-14(9-25-10-16)13-4-15(20(22,23)24)7-19(6-13)32(30,31)28-17-2-1-3-18(8-17)29-11-26-27-12-29/h4-7,9-12,17-18,28H,1-3,8H2. The summed E-state index contributed by atoms with van der Waals surface area (Å²) in [4.78, 5) is 3.09. The molecule has 12 heteroatoms. The predicted octanol–water partition coefficient (Wildman–Crippen LogP) is 3.96. The maximum atomic E-state index is 13.6. The number of nitrogens with zero attached hydrogens (tertiary/aromatic N) is 4. The van der Waals surface area contributed by atoms with Gasteiger partial charge in [-0.05, 0) is 55.5 Å². The van der Waals surface area contributed by atoms with E-state index in [1.165, 1.54) is 6.20 Å². The topological polar surface area (TPSA) is 89.8 Å². The van der Waals surface area contributed by atoms with Crippen molar-refractivity contribution in [3.63, 3.8) is 0 Å². The van der Waals surface area contributed by atoms with Crippen LogP contribution in [0.2, 0.25) is 0 Å². The monoisotopic (exact) mass is 469 g/mol. The molecule has 1 saturated carbocycles. The Hall–Kier alpha value is -2.86. The van der Waals surface area contributed by atoms with Gasteiger partial charge in [-0.1, -0.05) is 0 Å². The van der Waals surface area contributed by atoms with E-state index in [0.717, 1.165) is 37.2 Å². The molecule has 0 bridgehead atoms. The zero-order valence-electron chi connectivity index (χ0n) is 16.6. The second kappa shape index (κ2) is 8.58. The third-order valence-electron chi connectivity index (χ3n) is 5.41. The largest absolute Gasteiger partial charge is 0.416 e. The van der Waals surface area contributed by atoms with Crippen LogP contribution in [0.4, 0.5) is 17.6 Å².